The van der Waals surface area contributed by atoms with Crippen LogP contribution in [-0.4, -0.2) is 28.3 Å². The number of nitrogens with zero attached hydrogens (tertiary/aromatic N) is 1. The maximum atomic E-state index is 6.24. The highest BCUT2D eigenvalue weighted by molar-refractivity contribution is 6.65. The molecule has 1 aliphatic heterocycles. The molecule has 0 atom stereocenters. The van der Waals surface area contributed by atoms with Crippen LogP contribution >= 0.6 is 11.6 Å². The lowest BCUT2D eigenvalue weighted by Crippen LogP contribution is -2.41. The summed E-state index contributed by atoms with van der Waals surface area (Å²) in [5.41, 5.74) is 0.778. The maximum absolute atomic E-state index is 6.24. The van der Waals surface area contributed by atoms with E-state index in [4.69, 9.17) is 20.9 Å². The summed E-state index contributed by atoms with van der Waals surface area (Å²) in [6.45, 7) is 8.07. The Balaban J connectivity index is 2.04. The van der Waals surface area contributed by atoms with Crippen LogP contribution in [0.2, 0.25) is 5.15 Å². The summed E-state index contributed by atoms with van der Waals surface area (Å²) in [4.78, 5) is 7.36. The third kappa shape index (κ3) is 1.97. The number of hydrogen-bond acceptors (Lipinski definition) is 3. The van der Waals surface area contributed by atoms with Gasteiger partial charge in [0, 0.05) is 17.0 Å². The van der Waals surface area contributed by atoms with Crippen molar-refractivity contribution in [1.29, 1.82) is 0 Å². The Morgan fingerprint density at radius 1 is 1.21 bits per heavy atom. The second-order valence-corrected chi connectivity index (χ2v) is 6.23. The van der Waals surface area contributed by atoms with Crippen LogP contribution in [-0.2, 0) is 9.31 Å². The van der Waals surface area contributed by atoms with Gasteiger partial charge in [-0.25, -0.2) is 4.98 Å². The maximum Gasteiger partial charge on any atom is 0.498 e. The standard InChI is InChI=1S/C13H16BClN2O2/c1-12(2)13(3,4)19-14(18-12)9-7-8-5-6-16-11(8)17-10(9)15/h5-7H,1-4H3,(H,16,17). The lowest BCUT2D eigenvalue weighted by Gasteiger charge is -2.32. The molecule has 2 aromatic heterocycles. The molecule has 3 rings (SSSR count). The highest BCUT2D eigenvalue weighted by Gasteiger charge is 2.52. The van der Waals surface area contributed by atoms with Gasteiger partial charge in [0.25, 0.3) is 0 Å². The van der Waals surface area contributed by atoms with Crippen molar-refractivity contribution in [2.24, 2.45) is 0 Å². The SMILES string of the molecule is CC1(C)OB(c2cc3cc[nH]c3nc2Cl)OC1(C)C. The summed E-state index contributed by atoms with van der Waals surface area (Å²) >= 11 is 6.24. The number of aromatic amines is 1. The van der Waals surface area contributed by atoms with Crippen molar-refractivity contribution in [2.45, 2.75) is 38.9 Å². The molecule has 0 aromatic carbocycles. The van der Waals surface area contributed by atoms with E-state index in [2.05, 4.69) is 9.97 Å². The molecule has 19 heavy (non-hydrogen) atoms. The number of hydrogen-bond donors (Lipinski definition) is 1. The average Bonchev–Trinajstić information content (AvgIpc) is 2.80. The van der Waals surface area contributed by atoms with Crippen molar-refractivity contribution in [2.75, 3.05) is 0 Å². The van der Waals surface area contributed by atoms with Gasteiger partial charge in [-0.15, -0.1) is 0 Å². The third-order valence-corrected chi connectivity index (χ3v) is 4.33. The Morgan fingerprint density at radius 2 is 1.84 bits per heavy atom. The molecule has 1 fully saturated rings. The molecule has 0 radical (unpaired) electrons. The molecule has 3 heterocycles. The van der Waals surface area contributed by atoms with E-state index in [0.717, 1.165) is 16.5 Å². The number of halogens is 1. The fraction of sp³-hybridized carbons (Fsp3) is 0.462. The number of pyridine rings is 1. The first kappa shape index (κ1) is 13.0. The largest absolute Gasteiger partial charge is 0.498 e. The Bertz CT molecular complexity index is 623. The monoisotopic (exact) mass is 278 g/mol. The van der Waals surface area contributed by atoms with E-state index in [1.807, 2.05) is 46.0 Å². The summed E-state index contributed by atoms with van der Waals surface area (Å²) in [5, 5.41) is 1.41. The minimum absolute atomic E-state index is 0.381. The molecular weight excluding hydrogens is 262 g/mol. The van der Waals surface area contributed by atoms with E-state index < -0.39 is 7.12 Å². The van der Waals surface area contributed by atoms with E-state index in [1.165, 1.54) is 0 Å². The van der Waals surface area contributed by atoms with Gasteiger partial charge in [0.05, 0.1) is 11.2 Å². The fourth-order valence-electron chi connectivity index (χ4n) is 2.11. The summed E-state index contributed by atoms with van der Waals surface area (Å²) in [6.07, 6.45) is 1.84. The lowest BCUT2D eigenvalue weighted by atomic mass is 9.80. The van der Waals surface area contributed by atoms with Gasteiger partial charge in [-0.3, -0.25) is 0 Å². The Kier molecular flexibility index (Phi) is 2.72. The van der Waals surface area contributed by atoms with Gasteiger partial charge >= 0.3 is 7.12 Å². The van der Waals surface area contributed by atoms with Crippen molar-refractivity contribution in [3.8, 4) is 0 Å². The van der Waals surface area contributed by atoms with Crippen molar-refractivity contribution in [1.82, 2.24) is 9.97 Å². The molecule has 0 amide bonds. The molecule has 0 unspecified atom stereocenters. The molecular formula is C13H16BClN2O2. The molecule has 0 bridgehead atoms. The zero-order valence-corrected chi connectivity index (χ0v) is 12.2. The van der Waals surface area contributed by atoms with Gasteiger partial charge in [0.15, 0.2) is 0 Å². The van der Waals surface area contributed by atoms with Gasteiger partial charge < -0.3 is 14.3 Å². The first-order valence-corrected chi connectivity index (χ1v) is 6.67. The number of nitrogens with one attached hydrogen (secondary N) is 1. The van der Waals surface area contributed by atoms with Crippen molar-refractivity contribution in [3.63, 3.8) is 0 Å². The van der Waals surface area contributed by atoms with Crippen molar-refractivity contribution in [3.05, 3.63) is 23.5 Å². The van der Waals surface area contributed by atoms with E-state index in [1.54, 1.807) is 0 Å². The fourth-order valence-corrected chi connectivity index (χ4v) is 2.34. The minimum Gasteiger partial charge on any atom is -0.399 e. The second-order valence-electron chi connectivity index (χ2n) is 5.87. The molecule has 0 aliphatic carbocycles. The van der Waals surface area contributed by atoms with E-state index in [9.17, 15) is 0 Å². The van der Waals surface area contributed by atoms with Crippen LogP contribution in [0, 0.1) is 0 Å². The second kappa shape index (κ2) is 3.98. The third-order valence-electron chi connectivity index (χ3n) is 4.02. The van der Waals surface area contributed by atoms with Crippen LogP contribution in [0.1, 0.15) is 27.7 Å². The van der Waals surface area contributed by atoms with Gasteiger partial charge in [-0.2, -0.15) is 0 Å². The Hall–Kier alpha value is -1.04. The van der Waals surface area contributed by atoms with Crippen molar-refractivity contribution >= 4 is 35.2 Å². The normalized spacial score (nSPS) is 21.2. The molecule has 6 heteroatoms. The van der Waals surface area contributed by atoms with Gasteiger partial charge in [0.1, 0.15) is 10.8 Å². The topological polar surface area (TPSA) is 47.1 Å². The van der Waals surface area contributed by atoms with Crippen LogP contribution in [0.3, 0.4) is 0 Å². The highest BCUT2D eigenvalue weighted by atomic mass is 35.5. The predicted molar refractivity (Wildman–Crippen MR) is 76.8 cm³/mol. The average molecular weight is 279 g/mol. The molecule has 1 aliphatic rings. The number of rotatable bonds is 1. The number of fused-ring (bicyclic) bond motifs is 1. The van der Waals surface area contributed by atoms with Crippen LogP contribution in [0.15, 0.2) is 18.3 Å². The van der Waals surface area contributed by atoms with Crippen LogP contribution in [0.4, 0.5) is 0 Å². The Morgan fingerprint density at radius 3 is 2.47 bits per heavy atom. The predicted octanol–water partition coefficient (Wildman–Crippen LogP) is 2.52. The van der Waals surface area contributed by atoms with E-state index in [-0.39, 0.29) is 11.2 Å². The quantitative estimate of drug-likeness (QED) is 0.644. The summed E-state index contributed by atoms with van der Waals surface area (Å²) in [7, 11) is -0.482. The molecule has 0 saturated carbocycles. The van der Waals surface area contributed by atoms with Gasteiger partial charge in [-0.05, 0) is 39.8 Å². The molecule has 4 nitrogen and oxygen atoms in total. The minimum atomic E-state index is -0.482. The molecule has 0 spiro atoms. The summed E-state index contributed by atoms with van der Waals surface area (Å²) in [6, 6.07) is 3.91. The molecule has 2 aromatic rings. The van der Waals surface area contributed by atoms with Gasteiger partial charge in [0.2, 0.25) is 0 Å². The first-order valence-electron chi connectivity index (χ1n) is 6.29. The lowest BCUT2D eigenvalue weighted by molar-refractivity contribution is 0.00578. The zero-order valence-electron chi connectivity index (χ0n) is 11.5. The molecule has 100 valence electrons. The molecule has 1 N–H and O–H groups in total. The number of H-pyrrole nitrogens is 1. The van der Waals surface area contributed by atoms with Crippen LogP contribution in [0.5, 0.6) is 0 Å². The summed E-state index contributed by atoms with van der Waals surface area (Å²) in [5.74, 6) is 0. The van der Waals surface area contributed by atoms with E-state index in [0.29, 0.717) is 5.15 Å². The molecule has 1 saturated heterocycles. The van der Waals surface area contributed by atoms with E-state index >= 15 is 0 Å². The van der Waals surface area contributed by atoms with Gasteiger partial charge in [-0.1, -0.05) is 11.6 Å². The number of aromatic nitrogens is 2. The highest BCUT2D eigenvalue weighted by Crippen LogP contribution is 2.37. The first-order chi connectivity index (χ1) is 8.80. The Labute approximate surface area is 117 Å². The van der Waals surface area contributed by atoms with Crippen LogP contribution in [0.25, 0.3) is 11.0 Å². The van der Waals surface area contributed by atoms with Crippen LogP contribution < -0.4 is 5.46 Å². The van der Waals surface area contributed by atoms with Crippen molar-refractivity contribution < 1.29 is 9.31 Å². The zero-order chi connectivity index (χ0) is 13.8. The summed E-state index contributed by atoms with van der Waals surface area (Å²) < 4.78 is 12.0. The smallest absolute Gasteiger partial charge is 0.399 e.